The molecule has 0 radical (unpaired) electrons. The number of ether oxygens (including phenoxy) is 2. The Hall–Kier alpha value is -0.940. The summed E-state index contributed by atoms with van der Waals surface area (Å²) in [6.07, 6.45) is 6.16. The fraction of sp³-hybridized carbons (Fsp3) is 0.556. The summed E-state index contributed by atoms with van der Waals surface area (Å²) in [5.41, 5.74) is 0.870. The van der Waals surface area contributed by atoms with Gasteiger partial charge in [0.25, 0.3) is 0 Å². The molecule has 4 nitrogen and oxygen atoms in total. The molecule has 2 atom stereocenters. The second-order valence-electron chi connectivity index (χ2n) is 5.35. The van der Waals surface area contributed by atoms with E-state index in [-0.39, 0.29) is 6.10 Å². The van der Waals surface area contributed by atoms with Crippen molar-refractivity contribution in [2.75, 3.05) is 13.7 Å². The molecule has 1 aliphatic heterocycles. The van der Waals surface area contributed by atoms with E-state index < -0.39 is 5.79 Å². The summed E-state index contributed by atoms with van der Waals surface area (Å²) >= 11 is 12.2. The molecule has 0 amide bonds. The lowest BCUT2D eigenvalue weighted by Crippen LogP contribution is -2.27. The van der Waals surface area contributed by atoms with Crippen LogP contribution in [-0.2, 0) is 15.3 Å². The molecule has 0 spiro atoms. The normalized spacial score (nSPS) is 23.7. The van der Waals surface area contributed by atoms with Crippen LogP contribution < -0.4 is 0 Å². The van der Waals surface area contributed by atoms with Crippen LogP contribution in [-0.4, -0.2) is 32.3 Å². The molecule has 6 heteroatoms. The van der Waals surface area contributed by atoms with Crippen molar-refractivity contribution >= 4 is 35.8 Å². The highest BCUT2D eigenvalue weighted by molar-refractivity contribution is 6.35. The average molecular weight is 373 g/mol. The van der Waals surface area contributed by atoms with E-state index in [4.69, 9.17) is 32.7 Å². The highest BCUT2D eigenvalue weighted by Gasteiger charge is 2.42. The summed E-state index contributed by atoms with van der Waals surface area (Å²) in [5.74, 6) is -0.707. The summed E-state index contributed by atoms with van der Waals surface area (Å²) in [4.78, 5) is 7.28. The number of nitrogens with zero attached hydrogens (tertiary/aromatic N) is 2. The topological polar surface area (TPSA) is 43.2 Å². The number of benzene rings is 1. The minimum absolute atomic E-state index is 0.154. The van der Waals surface area contributed by atoms with Crippen molar-refractivity contribution in [3.05, 3.63) is 33.8 Å². The molecule has 1 saturated heterocycles. The van der Waals surface area contributed by atoms with Gasteiger partial charge in [-0.3, -0.25) is 9.98 Å². The summed E-state index contributed by atoms with van der Waals surface area (Å²) in [6.45, 7) is 6.66. The molecule has 1 aromatic rings. The number of hydrogen-bond donors (Lipinski definition) is 0. The van der Waals surface area contributed by atoms with E-state index in [1.54, 1.807) is 19.3 Å². The summed E-state index contributed by atoms with van der Waals surface area (Å²) in [5, 5.41) is 1.22. The number of halogens is 2. The third-order valence-corrected chi connectivity index (χ3v) is 4.16. The maximum Gasteiger partial charge on any atom is 0.196 e. The highest BCUT2D eigenvalue weighted by Crippen LogP contribution is 2.42. The molecular formula is C18H26Cl2N2O2. The minimum atomic E-state index is -0.707. The Bertz CT molecular complexity index is 554. The fourth-order valence-corrected chi connectivity index (χ4v) is 3.03. The van der Waals surface area contributed by atoms with Gasteiger partial charge in [0.2, 0.25) is 0 Å². The van der Waals surface area contributed by atoms with Crippen LogP contribution in [0.15, 0.2) is 28.2 Å². The van der Waals surface area contributed by atoms with E-state index in [2.05, 4.69) is 16.9 Å². The average Bonchev–Trinajstić information content (AvgIpc) is 2.98. The van der Waals surface area contributed by atoms with Crippen molar-refractivity contribution in [3.63, 3.8) is 0 Å². The first-order valence-electron chi connectivity index (χ1n) is 8.18. The molecule has 0 bridgehead atoms. The van der Waals surface area contributed by atoms with Crippen molar-refractivity contribution in [1.29, 1.82) is 0 Å². The molecule has 0 aliphatic carbocycles. The lowest BCUT2D eigenvalue weighted by Gasteiger charge is -2.28. The summed E-state index contributed by atoms with van der Waals surface area (Å²) < 4.78 is 12.0. The molecule has 0 aromatic heterocycles. The molecular weight excluding hydrogens is 347 g/mol. The van der Waals surface area contributed by atoms with Gasteiger partial charge in [0.1, 0.15) is 6.34 Å². The molecule has 1 heterocycles. The fourth-order valence-electron chi connectivity index (χ4n) is 2.48. The largest absolute Gasteiger partial charge is 0.343 e. The van der Waals surface area contributed by atoms with E-state index in [1.165, 1.54) is 6.34 Å². The lowest BCUT2D eigenvalue weighted by atomic mass is 10.0. The van der Waals surface area contributed by atoms with Crippen molar-refractivity contribution in [2.45, 2.75) is 51.9 Å². The second-order valence-corrected chi connectivity index (χ2v) is 6.19. The predicted molar refractivity (Wildman–Crippen MR) is 103 cm³/mol. The summed E-state index contributed by atoms with van der Waals surface area (Å²) in [6, 6.07) is 5.44. The molecule has 24 heavy (non-hydrogen) atoms. The molecule has 1 fully saturated rings. The SMILES string of the molecule is CC=NC=NC.CCCC1COC(CC)(c2ccc(Cl)cc2Cl)O1. The van der Waals surface area contributed by atoms with Gasteiger partial charge in [-0.1, -0.05) is 49.5 Å². The predicted octanol–water partition coefficient (Wildman–Crippen LogP) is 5.51. The van der Waals surface area contributed by atoms with E-state index in [9.17, 15) is 0 Å². The van der Waals surface area contributed by atoms with Crippen LogP contribution in [0.2, 0.25) is 10.0 Å². The zero-order valence-electron chi connectivity index (χ0n) is 14.8. The Balaban J connectivity index is 0.000000413. The number of rotatable bonds is 5. The smallest absolute Gasteiger partial charge is 0.196 e. The molecule has 1 aliphatic rings. The van der Waals surface area contributed by atoms with Gasteiger partial charge in [0.05, 0.1) is 17.7 Å². The summed E-state index contributed by atoms with van der Waals surface area (Å²) in [7, 11) is 1.69. The van der Waals surface area contributed by atoms with Crippen molar-refractivity contribution < 1.29 is 9.47 Å². The maximum atomic E-state index is 6.26. The second kappa shape index (κ2) is 10.8. The van der Waals surface area contributed by atoms with Gasteiger partial charge in [-0.25, -0.2) is 0 Å². The molecule has 2 unspecified atom stereocenters. The molecule has 134 valence electrons. The molecule has 2 rings (SSSR count). The van der Waals surface area contributed by atoms with Crippen LogP contribution in [0.5, 0.6) is 0 Å². The van der Waals surface area contributed by atoms with Gasteiger partial charge in [-0.15, -0.1) is 0 Å². The standard InChI is InChI=1S/C14H18Cl2O2.C4H8N2/c1-3-5-11-9-17-14(4-2,18-11)12-7-6-10(15)8-13(12)16;1-3-6-4-5-2/h6-8,11H,3-5,9H2,1-2H3;3-4H,1-2H3. The Labute approximate surface area is 154 Å². The first-order chi connectivity index (χ1) is 11.5. The van der Waals surface area contributed by atoms with Gasteiger partial charge < -0.3 is 9.47 Å². The van der Waals surface area contributed by atoms with Gasteiger partial charge in [-0.2, -0.15) is 0 Å². The van der Waals surface area contributed by atoms with E-state index in [0.29, 0.717) is 16.7 Å². The van der Waals surface area contributed by atoms with E-state index in [1.807, 2.05) is 26.0 Å². The third kappa shape index (κ3) is 5.85. The minimum Gasteiger partial charge on any atom is -0.343 e. The van der Waals surface area contributed by atoms with Gasteiger partial charge >= 0.3 is 0 Å². The Kier molecular flexibility index (Phi) is 9.52. The van der Waals surface area contributed by atoms with Crippen LogP contribution in [0.25, 0.3) is 0 Å². The van der Waals surface area contributed by atoms with Crippen LogP contribution in [0.1, 0.15) is 45.6 Å². The molecule has 0 saturated carbocycles. The van der Waals surface area contributed by atoms with Crippen molar-refractivity contribution in [1.82, 2.24) is 0 Å². The first-order valence-corrected chi connectivity index (χ1v) is 8.94. The van der Waals surface area contributed by atoms with E-state index >= 15 is 0 Å². The monoisotopic (exact) mass is 372 g/mol. The highest BCUT2D eigenvalue weighted by atomic mass is 35.5. The first kappa shape index (κ1) is 21.1. The number of aliphatic imine (C=N–C) groups is 2. The van der Waals surface area contributed by atoms with Crippen molar-refractivity contribution in [3.8, 4) is 0 Å². The zero-order valence-corrected chi connectivity index (χ0v) is 16.3. The number of hydrogen-bond acceptors (Lipinski definition) is 3. The maximum absolute atomic E-state index is 6.26. The Morgan fingerprint density at radius 2 is 2.08 bits per heavy atom. The van der Waals surface area contributed by atoms with Crippen molar-refractivity contribution in [2.24, 2.45) is 9.98 Å². The third-order valence-electron chi connectivity index (χ3n) is 3.61. The zero-order chi connectivity index (χ0) is 18.0. The van der Waals surface area contributed by atoms with Crippen LogP contribution in [0.3, 0.4) is 0 Å². The van der Waals surface area contributed by atoms with Gasteiger partial charge in [0.15, 0.2) is 5.79 Å². The van der Waals surface area contributed by atoms with Gasteiger partial charge in [0, 0.05) is 30.3 Å². The van der Waals surface area contributed by atoms with E-state index in [0.717, 1.165) is 24.8 Å². The van der Waals surface area contributed by atoms with Crippen LogP contribution in [0, 0.1) is 0 Å². The Morgan fingerprint density at radius 3 is 2.58 bits per heavy atom. The molecule has 0 N–H and O–H groups in total. The Morgan fingerprint density at radius 1 is 1.33 bits per heavy atom. The lowest BCUT2D eigenvalue weighted by molar-refractivity contribution is -0.179. The van der Waals surface area contributed by atoms with Crippen LogP contribution >= 0.6 is 23.2 Å². The van der Waals surface area contributed by atoms with Gasteiger partial charge in [-0.05, 0) is 25.5 Å². The quantitative estimate of drug-likeness (QED) is 0.505. The van der Waals surface area contributed by atoms with Crippen LogP contribution in [0.4, 0.5) is 0 Å². The molecule has 1 aromatic carbocycles.